The summed E-state index contributed by atoms with van der Waals surface area (Å²) in [4.78, 5) is 26.3. The molecule has 2 N–H and O–H groups in total. The second-order valence-corrected chi connectivity index (χ2v) is 6.70. The Labute approximate surface area is 142 Å². The van der Waals surface area contributed by atoms with Gasteiger partial charge in [0.1, 0.15) is 6.04 Å². The molecule has 23 heavy (non-hydrogen) atoms. The van der Waals surface area contributed by atoms with Crippen molar-refractivity contribution in [3.63, 3.8) is 0 Å². The molecule has 0 aromatic heterocycles. The summed E-state index contributed by atoms with van der Waals surface area (Å²) < 4.78 is 0. The number of hydrogen-bond donors (Lipinski definition) is 2. The van der Waals surface area contributed by atoms with Gasteiger partial charge in [-0.25, -0.2) is 4.79 Å². The highest BCUT2D eigenvalue weighted by atomic mass is 35.5. The van der Waals surface area contributed by atoms with Crippen molar-refractivity contribution >= 4 is 29.2 Å². The average molecular weight is 338 g/mol. The third-order valence-electron chi connectivity index (χ3n) is 3.93. The molecule has 0 bridgehead atoms. The van der Waals surface area contributed by atoms with E-state index in [1.54, 1.807) is 29.2 Å². The second-order valence-electron chi connectivity index (χ2n) is 6.26. The van der Waals surface area contributed by atoms with Gasteiger partial charge in [-0.1, -0.05) is 25.4 Å². The van der Waals surface area contributed by atoms with E-state index in [1.807, 2.05) is 0 Å². The summed E-state index contributed by atoms with van der Waals surface area (Å²) in [6, 6.07) is 6.39. The van der Waals surface area contributed by atoms with E-state index in [4.69, 9.17) is 11.6 Å². The lowest BCUT2D eigenvalue weighted by molar-refractivity contribution is -0.119. The van der Waals surface area contributed by atoms with Crippen LogP contribution in [0.2, 0.25) is 5.02 Å². The SMILES string of the molecule is CC(C)CCNC(=O)N1CCC[C@H]1C(=O)Nc1ccc(Cl)cc1. The molecular formula is C17H24ClN3O2. The van der Waals surface area contributed by atoms with Gasteiger partial charge in [-0.15, -0.1) is 0 Å². The number of likely N-dealkylation sites (tertiary alicyclic amines) is 1. The predicted molar refractivity (Wildman–Crippen MR) is 92.7 cm³/mol. The Balaban J connectivity index is 1.90. The molecule has 0 unspecified atom stereocenters. The van der Waals surface area contributed by atoms with E-state index < -0.39 is 6.04 Å². The zero-order valence-electron chi connectivity index (χ0n) is 13.6. The van der Waals surface area contributed by atoms with Crippen molar-refractivity contribution < 1.29 is 9.59 Å². The number of urea groups is 1. The Morgan fingerprint density at radius 2 is 2.00 bits per heavy atom. The molecule has 126 valence electrons. The quantitative estimate of drug-likeness (QED) is 0.863. The van der Waals surface area contributed by atoms with Crippen molar-refractivity contribution in [2.75, 3.05) is 18.4 Å². The number of carbonyl (C=O) groups is 2. The van der Waals surface area contributed by atoms with E-state index in [0.29, 0.717) is 36.1 Å². The maximum absolute atomic E-state index is 12.4. The number of benzene rings is 1. The minimum absolute atomic E-state index is 0.149. The van der Waals surface area contributed by atoms with Crippen molar-refractivity contribution in [1.82, 2.24) is 10.2 Å². The van der Waals surface area contributed by atoms with Gasteiger partial charge < -0.3 is 15.5 Å². The normalized spacial score (nSPS) is 17.4. The lowest BCUT2D eigenvalue weighted by Crippen LogP contribution is -2.48. The molecule has 1 aromatic carbocycles. The van der Waals surface area contributed by atoms with Crippen molar-refractivity contribution in [2.45, 2.75) is 39.2 Å². The molecule has 1 aromatic rings. The van der Waals surface area contributed by atoms with Crippen molar-refractivity contribution in [1.29, 1.82) is 0 Å². The van der Waals surface area contributed by atoms with Crippen LogP contribution in [0, 0.1) is 5.92 Å². The van der Waals surface area contributed by atoms with E-state index in [9.17, 15) is 9.59 Å². The first-order chi connectivity index (χ1) is 11.0. The summed E-state index contributed by atoms with van der Waals surface area (Å²) in [5, 5.41) is 6.37. The zero-order valence-corrected chi connectivity index (χ0v) is 14.4. The van der Waals surface area contributed by atoms with Gasteiger partial charge in [0, 0.05) is 23.8 Å². The summed E-state index contributed by atoms with van der Waals surface area (Å²) in [5.41, 5.74) is 0.687. The van der Waals surface area contributed by atoms with Crippen LogP contribution in [0.3, 0.4) is 0 Å². The van der Waals surface area contributed by atoms with Gasteiger partial charge in [-0.3, -0.25) is 4.79 Å². The number of amides is 3. The van der Waals surface area contributed by atoms with Crippen LogP contribution in [0.25, 0.3) is 0 Å². The van der Waals surface area contributed by atoms with Crippen LogP contribution in [0.4, 0.5) is 10.5 Å². The Kier molecular flexibility index (Phi) is 6.28. The fraction of sp³-hybridized carbons (Fsp3) is 0.529. The minimum atomic E-state index is -0.412. The molecule has 1 aliphatic rings. The van der Waals surface area contributed by atoms with Crippen LogP contribution in [0.5, 0.6) is 0 Å². The number of hydrogen-bond acceptors (Lipinski definition) is 2. The molecule has 1 heterocycles. The van der Waals surface area contributed by atoms with Crippen molar-refractivity contribution in [3.05, 3.63) is 29.3 Å². The van der Waals surface area contributed by atoms with E-state index in [0.717, 1.165) is 12.8 Å². The van der Waals surface area contributed by atoms with Gasteiger partial charge in [0.2, 0.25) is 5.91 Å². The maximum atomic E-state index is 12.4. The van der Waals surface area contributed by atoms with Crippen molar-refractivity contribution in [3.8, 4) is 0 Å². The smallest absolute Gasteiger partial charge is 0.318 e. The molecule has 0 saturated carbocycles. The fourth-order valence-corrected chi connectivity index (χ4v) is 2.74. The summed E-state index contributed by atoms with van der Waals surface area (Å²) in [6.07, 6.45) is 2.47. The first kappa shape index (κ1) is 17.6. The molecule has 0 aliphatic carbocycles. The minimum Gasteiger partial charge on any atom is -0.338 e. The predicted octanol–water partition coefficient (Wildman–Crippen LogP) is 3.50. The highest BCUT2D eigenvalue weighted by molar-refractivity contribution is 6.30. The van der Waals surface area contributed by atoms with Gasteiger partial charge in [0.15, 0.2) is 0 Å². The number of rotatable bonds is 5. The van der Waals surface area contributed by atoms with Gasteiger partial charge in [-0.05, 0) is 49.4 Å². The van der Waals surface area contributed by atoms with E-state index >= 15 is 0 Å². The Hall–Kier alpha value is -1.75. The second kappa shape index (κ2) is 8.20. The molecule has 1 saturated heterocycles. The van der Waals surface area contributed by atoms with E-state index in [2.05, 4.69) is 24.5 Å². The molecule has 0 spiro atoms. The number of halogens is 1. The Morgan fingerprint density at radius 3 is 2.65 bits per heavy atom. The van der Waals surface area contributed by atoms with Crippen molar-refractivity contribution in [2.24, 2.45) is 5.92 Å². The molecule has 1 atom stereocenters. The largest absolute Gasteiger partial charge is 0.338 e. The highest BCUT2D eigenvalue weighted by Gasteiger charge is 2.33. The number of nitrogens with zero attached hydrogens (tertiary/aromatic N) is 1. The summed E-state index contributed by atoms with van der Waals surface area (Å²) in [7, 11) is 0. The molecule has 1 aliphatic heterocycles. The Bertz CT molecular complexity index is 545. The van der Waals surface area contributed by atoms with Crippen LogP contribution in [-0.4, -0.2) is 36.0 Å². The average Bonchev–Trinajstić information content (AvgIpc) is 2.99. The molecule has 0 radical (unpaired) electrons. The van der Waals surface area contributed by atoms with Gasteiger partial charge in [0.05, 0.1) is 0 Å². The standard InChI is InChI=1S/C17H24ClN3O2/c1-12(2)9-10-19-17(23)21-11-3-4-15(21)16(22)20-14-7-5-13(18)6-8-14/h5-8,12,15H,3-4,9-11H2,1-2H3,(H,19,23)(H,20,22)/t15-/m0/s1. The number of carbonyl (C=O) groups excluding carboxylic acids is 2. The van der Waals surface area contributed by atoms with Crippen LogP contribution in [0.1, 0.15) is 33.1 Å². The lowest BCUT2D eigenvalue weighted by atomic mass is 10.1. The zero-order chi connectivity index (χ0) is 16.8. The third-order valence-corrected chi connectivity index (χ3v) is 4.18. The fourth-order valence-electron chi connectivity index (χ4n) is 2.61. The van der Waals surface area contributed by atoms with Gasteiger partial charge in [-0.2, -0.15) is 0 Å². The first-order valence-corrected chi connectivity index (χ1v) is 8.46. The topological polar surface area (TPSA) is 61.4 Å². The van der Waals surface area contributed by atoms with Crippen LogP contribution in [-0.2, 0) is 4.79 Å². The van der Waals surface area contributed by atoms with Crippen LogP contribution >= 0.6 is 11.6 Å². The molecule has 1 fully saturated rings. The van der Waals surface area contributed by atoms with Gasteiger partial charge >= 0.3 is 6.03 Å². The van der Waals surface area contributed by atoms with Gasteiger partial charge in [0.25, 0.3) is 0 Å². The molecule has 5 nitrogen and oxygen atoms in total. The monoisotopic (exact) mass is 337 g/mol. The molecule has 6 heteroatoms. The summed E-state index contributed by atoms with van der Waals surface area (Å²) in [5.74, 6) is 0.390. The third kappa shape index (κ3) is 5.13. The van der Waals surface area contributed by atoms with E-state index in [1.165, 1.54) is 0 Å². The van der Waals surface area contributed by atoms with Crippen LogP contribution < -0.4 is 10.6 Å². The van der Waals surface area contributed by atoms with Crippen LogP contribution in [0.15, 0.2) is 24.3 Å². The highest BCUT2D eigenvalue weighted by Crippen LogP contribution is 2.20. The maximum Gasteiger partial charge on any atom is 0.318 e. The summed E-state index contributed by atoms with van der Waals surface area (Å²) >= 11 is 5.84. The molecule has 2 rings (SSSR count). The molecule has 3 amide bonds. The number of nitrogens with one attached hydrogen (secondary N) is 2. The van der Waals surface area contributed by atoms with E-state index in [-0.39, 0.29) is 11.9 Å². The molecular weight excluding hydrogens is 314 g/mol. The lowest BCUT2D eigenvalue weighted by Gasteiger charge is -2.24. The summed E-state index contributed by atoms with van der Waals surface area (Å²) in [6.45, 7) is 5.49. The first-order valence-electron chi connectivity index (χ1n) is 8.08. The Morgan fingerprint density at radius 1 is 1.30 bits per heavy atom. The number of anilines is 1.